The van der Waals surface area contributed by atoms with Crippen LogP contribution in [0.3, 0.4) is 0 Å². The van der Waals surface area contributed by atoms with Crippen LogP contribution < -0.4 is 0 Å². The maximum Gasteiger partial charge on any atom is 0.242 e. The van der Waals surface area contributed by atoms with Gasteiger partial charge < -0.3 is 4.90 Å². The highest BCUT2D eigenvalue weighted by Gasteiger charge is 2.35. The van der Waals surface area contributed by atoms with E-state index in [0.29, 0.717) is 13.0 Å². The number of hydrogen-bond acceptors (Lipinski definition) is 3. The first-order valence-corrected chi connectivity index (χ1v) is 7.36. The summed E-state index contributed by atoms with van der Waals surface area (Å²) < 4.78 is 13.7. The van der Waals surface area contributed by atoms with E-state index in [1.54, 1.807) is 0 Å². The monoisotopic (exact) mass is 271 g/mol. The fraction of sp³-hybridized carbons (Fsp3) is 0.929. The summed E-state index contributed by atoms with van der Waals surface area (Å²) in [6.45, 7) is 10.2. The topological polar surface area (TPSA) is 26.8 Å². The summed E-state index contributed by atoms with van der Waals surface area (Å²) in [6, 6.07) is -0.532. The van der Waals surface area contributed by atoms with Gasteiger partial charge in [-0.3, -0.25) is 9.69 Å². The number of hydrogen-bond donors (Lipinski definition) is 0. The standard InChI is InChI=1S/C14H26FN3O/c1-14(2,3)17-10-8-16(9-11-17)13(19)12-6-4-5-7-18(12)15/h12H,4-11H2,1-3H3. The maximum absolute atomic E-state index is 13.7. The van der Waals surface area contributed by atoms with Crippen molar-refractivity contribution < 1.29 is 9.28 Å². The molecule has 4 nitrogen and oxygen atoms in total. The fourth-order valence-electron chi connectivity index (χ4n) is 2.95. The van der Waals surface area contributed by atoms with Crippen molar-refractivity contribution in [2.75, 3.05) is 32.7 Å². The lowest BCUT2D eigenvalue weighted by atomic mass is 10.0. The average Bonchev–Trinajstić information content (AvgIpc) is 2.38. The number of rotatable bonds is 1. The Bertz CT molecular complexity index is 321. The molecule has 19 heavy (non-hydrogen) atoms. The predicted molar refractivity (Wildman–Crippen MR) is 73.4 cm³/mol. The molecule has 110 valence electrons. The van der Waals surface area contributed by atoms with Crippen molar-refractivity contribution in [1.29, 1.82) is 0 Å². The highest BCUT2D eigenvalue weighted by molar-refractivity contribution is 5.82. The second-order valence-corrected chi connectivity index (χ2v) is 6.62. The molecule has 0 spiro atoms. The molecule has 2 rings (SSSR count). The zero-order valence-electron chi connectivity index (χ0n) is 12.4. The third kappa shape index (κ3) is 3.45. The van der Waals surface area contributed by atoms with Crippen LogP contribution in [0.25, 0.3) is 0 Å². The molecular weight excluding hydrogens is 245 g/mol. The molecule has 0 radical (unpaired) electrons. The van der Waals surface area contributed by atoms with E-state index in [1.807, 2.05) is 4.90 Å². The van der Waals surface area contributed by atoms with E-state index in [1.165, 1.54) is 0 Å². The summed E-state index contributed by atoms with van der Waals surface area (Å²) in [7, 11) is 0. The molecule has 2 aliphatic rings. The van der Waals surface area contributed by atoms with Gasteiger partial charge in [0.25, 0.3) is 0 Å². The minimum atomic E-state index is -0.532. The molecule has 0 aromatic heterocycles. The SMILES string of the molecule is CC(C)(C)N1CCN(C(=O)C2CCCCN2F)CC1. The average molecular weight is 271 g/mol. The molecule has 2 fully saturated rings. The van der Waals surface area contributed by atoms with Gasteiger partial charge in [-0.15, -0.1) is 9.60 Å². The third-order valence-electron chi connectivity index (χ3n) is 4.26. The Kier molecular flexibility index (Phi) is 4.46. The van der Waals surface area contributed by atoms with E-state index >= 15 is 0 Å². The molecule has 5 heteroatoms. The van der Waals surface area contributed by atoms with Crippen LogP contribution in [0.2, 0.25) is 0 Å². The van der Waals surface area contributed by atoms with Crippen molar-refractivity contribution in [3.05, 3.63) is 0 Å². The number of halogens is 1. The summed E-state index contributed by atoms with van der Waals surface area (Å²) in [6.07, 6.45) is 2.48. The molecule has 2 saturated heterocycles. The van der Waals surface area contributed by atoms with Crippen molar-refractivity contribution in [1.82, 2.24) is 14.9 Å². The second kappa shape index (κ2) is 5.75. The Hall–Kier alpha value is -0.680. The smallest absolute Gasteiger partial charge is 0.242 e. The summed E-state index contributed by atoms with van der Waals surface area (Å²) in [5.74, 6) is -0.0178. The first kappa shape index (κ1) is 14.7. The molecule has 1 atom stereocenters. The Morgan fingerprint density at radius 3 is 2.21 bits per heavy atom. The van der Waals surface area contributed by atoms with Crippen molar-refractivity contribution in [2.24, 2.45) is 0 Å². The van der Waals surface area contributed by atoms with Gasteiger partial charge in [-0.05, 0) is 40.0 Å². The van der Waals surface area contributed by atoms with Crippen molar-refractivity contribution >= 4 is 5.91 Å². The molecule has 0 aromatic carbocycles. The quantitative estimate of drug-likeness (QED) is 0.679. The predicted octanol–water partition coefficient (Wildman–Crippen LogP) is 1.67. The zero-order chi connectivity index (χ0) is 14.0. The molecule has 0 N–H and O–H groups in total. The van der Waals surface area contributed by atoms with Gasteiger partial charge >= 0.3 is 0 Å². The van der Waals surface area contributed by atoms with Gasteiger partial charge in [-0.25, -0.2) is 0 Å². The summed E-state index contributed by atoms with van der Waals surface area (Å²) in [5, 5.41) is 0.738. The van der Waals surface area contributed by atoms with E-state index < -0.39 is 6.04 Å². The van der Waals surface area contributed by atoms with Gasteiger partial charge in [0.2, 0.25) is 5.91 Å². The first-order chi connectivity index (χ1) is 8.89. The minimum Gasteiger partial charge on any atom is -0.339 e. The Morgan fingerprint density at radius 2 is 1.68 bits per heavy atom. The maximum atomic E-state index is 13.7. The molecule has 1 amide bonds. The molecule has 0 bridgehead atoms. The van der Waals surface area contributed by atoms with Crippen LogP contribution in [-0.2, 0) is 4.79 Å². The van der Waals surface area contributed by atoms with Gasteiger partial charge in [0.05, 0.1) is 0 Å². The summed E-state index contributed by atoms with van der Waals surface area (Å²) in [4.78, 5) is 16.6. The molecule has 0 aliphatic carbocycles. The van der Waals surface area contributed by atoms with Crippen molar-refractivity contribution in [2.45, 2.75) is 51.6 Å². The summed E-state index contributed by atoms with van der Waals surface area (Å²) in [5.41, 5.74) is 0.145. The Labute approximate surface area is 115 Å². The largest absolute Gasteiger partial charge is 0.339 e. The van der Waals surface area contributed by atoms with E-state index in [9.17, 15) is 9.28 Å². The molecule has 2 heterocycles. The van der Waals surface area contributed by atoms with Crippen molar-refractivity contribution in [3.63, 3.8) is 0 Å². The summed E-state index contributed by atoms with van der Waals surface area (Å²) >= 11 is 0. The van der Waals surface area contributed by atoms with E-state index in [4.69, 9.17) is 0 Å². The minimum absolute atomic E-state index is 0.0178. The van der Waals surface area contributed by atoms with Crippen LogP contribution >= 0.6 is 0 Å². The number of carbonyl (C=O) groups excluding carboxylic acids is 1. The highest BCUT2D eigenvalue weighted by atomic mass is 19.2. The lowest BCUT2D eigenvalue weighted by molar-refractivity contribution is -0.150. The van der Waals surface area contributed by atoms with Gasteiger partial charge in [0.15, 0.2) is 0 Å². The van der Waals surface area contributed by atoms with Crippen LogP contribution in [0, 0.1) is 0 Å². The van der Waals surface area contributed by atoms with E-state index in [0.717, 1.165) is 44.1 Å². The lowest BCUT2D eigenvalue weighted by Gasteiger charge is -2.43. The number of piperidine rings is 1. The first-order valence-electron chi connectivity index (χ1n) is 7.36. The van der Waals surface area contributed by atoms with Gasteiger partial charge in [0.1, 0.15) is 6.04 Å². The molecule has 0 aromatic rings. The van der Waals surface area contributed by atoms with Crippen LogP contribution in [0.5, 0.6) is 0 Å². The second-order valence-electron chi connectivity index (χ2n) is 6.62. The zero-order valence-corrected chi connectivity index (χ0v) is 12.4. The van der Waals surface area contributed by atoms with Gasteiger partial charge in [-0.2, -0.15) is 0 Å². The Balaban J connectivity index is 1.88. The van der Waals surface area contributed by atoms with Crippen LogP contribution in [-0.4, -0.2) is 65.1 Å². The molecule has 0 saturated carbocycles. The van der Waals surface area contributed by atoms with Crippen LogP contribution in [0.4, 0.5) is 4.48 Å². The number of piperazine rings is 1. The van der Waals surface area contributed by atoms with Crippen molar-refractivity contribution in [3.8, 4) is 0 Å². The van der Waals surface area contributed by atoms with E-state index in [-0.39, 0.29) is 11.4 Å². The Morgan fingerprint density at radius 1 is 1.05 bits per heavy atom. The number of carbonyl (C=O) groups is 1. The highest BCUT2D eigenvalue weighted by Crippen LogP contribution is 2.21. The van der Waals surface area contributed by atoms with Crippen LogP contribution in [0.15, 0.2) is 0 Å². The third-order valence-corrected chi connectivity index (χ3v) is 4.26. The van der Waals surface area contributed by atoms with Gasteiger partial charge in [0, 0.05) is 38.3 Å². The van der Waals surface area contributed by atoms with Gasteiger partial charge in [-0.1, -0.05) is 0 Å². The molecule has 2 aliphatic heterocycles. The number of amides is 1. The van der Waals surface area contributed by atoms with E-state index in [2.05, 4.69) is 25.7 Å². The lowest BCUT2D eigenvalue weighted by Crippen LogP contribution is -2.57. The fourth-order valence-corrected chi connectivity index (χ4v) is 2.95. The van der Waals surface area contributed by atoms with Crippen LogP contribution in [0.1, 0.15) is 40.0 Å². The molecule has 1 unspecified atom stereocenters. The normalized spacial score (nSPS) is 27.6. The molecular formula is C14H26FN3O. The number of nitrogens with zero attached hydrogens (tertiary/aromatic N) is 3.